The third-order valence-corrected chi connectivity index (χ3v) is 9.15. The summed E-state index contributed by atoms with van der Waals surface area (Å²) in [6.07, 6.45) is -0.0912. The van der Waals surface area contributed by atoms with E-state index in [1.54, 1.807) is 30.3 Å². The van der Waals surface area contributed by atoms with Gasteiger partial charge in [0.15, 0.2) is 5.78 Å². The standard InChI is InChI=1S/C28H30ClNO8S/c1-35-19-7-11-25(37-3)22(15-19)27(31)24-17-30(39(33,34)21-9-5-18(29)6-10-21)14-13-28(24,32)23-16-20(36-2)8-12-26(23)38-4/h5-12,15-16,24,32H,13-14,17H2,1-4H3/t24-,28+/m0/s1. The fraction of sp³-hybridized carbons (Fsp3) is 0.321. The molecular weight excluding hydrogens is 546 g/mol. The number of ketones is 1. The monoisotopic (exact) mass is 575 g/mol. The third kappa shape index (κ3) is 5.42. The van der Waals surface area contributed by atoms with Crippen LogP contribution < -0.4 is 18.9 Å². The number of nitrogens with zero attached hydrogens (tertiary/aromatic N) is 1. The maximum atomic E-state index is 14.2. The first-order valence-corrected chi connectivity index (χ1v) is 13.9. The number of hydrogen-bond acceptors (Lipinski definition) is 8. The zero-order valence-electron chi connectivity index (χ0n) is 22.0. The van der Waals surface area contributed by atoms with Crippen LogP contribution in [-0.2, 0) is 15.6 Å². The van der Waals surface area contributed by atoms with Crippen LogP contribution in [0.3, 0.4) is 0 Å². The van der Waals surface area contributed by atoms with Crippen molar-refractivity contribution in [2.75, 3.05) is 41.5 Å². The molecule has 0 aliphatic carbocycles. The van der Waals surface area contributed by atoms with E-state index in [1.807, 2.05) is 0 Å². The lowest BCUT2D eigenvalue weighted by Crippen LogP contribution is -2.54. The fourth-order valence-electron chi connectivity index (χ4n) is 4.86. The average Bonchev–Trinajstić information content (AvgIpc) is 2.96. The molecule has 1 fully saturated rings. The van der Waals surface area contributed by atoms with Crippen molar-refractivity contribution in [1.82, 2.24) is 4.31 Å². The minimum absolute atomic E-state index is 0.0291. The Bertz CT molecular complexity index is 1460. The van der Waals surface area contributed by atoms with E-state index < -0.39 is 27.3 Å². The Morgan fingerprint density at radius 3 is 2.08 bits per heavy atom. The van der Waals surface area contributed by atoms with Gasteiger partial charge in [0.1, 0.15) is 28.6 Å². The molecule has 1 aliphatic heterocycles. The number of sulfonamides is 1. The third-order valence-electron chi connectivity index (χ3n) is 7.02. The van der Waals surface area contributed by atoms with Crippen LogP contribution in [0.1, 0.15) is 22.3 Å². The molecule has 1 heterocycles. The highest BCUT2D eigenvalue weighted by Gasteiger charge is 2.51. The van der Waals surface area contributed by atoms with Crippen molar-refractivity contribution in [2.24, 2.45) is 5.92 Å². The van der Waals surface area contributed by atoms with Gasteiger partial charge < -0.3 is 24.1 Å². The highest BCUT2D eigenvalue weighted by Crippen LogP contribution is 2.46. The molecule has 0 radical (unpaired) electrons. The van der Waals surface area contributed by atoms with Gasteiger partial charge in [0.2, 0.25) is 10.0 Å². The van der Waals surface area contributed by atoms with Crippen LogP contribution in [0.2, 0.25) is 5.02 Å². The van der Waals surface area contributed by atoms with Crippen LogP contribution in [0.5, 0.6) is 23.0 Å². The van der Waals surface area contributed by atoms with E-state index in [4.69, 9.17) is 30.5 Å². The summed E-state index contributed by atoms with van der Waals surface area (Å²) in [5, 5.41) is 12.7. The number of carbonyl (C=O) groups excluding carboxylic acids is 1. The first-order chi connectivity index (χ1) is 18.6. The quantitative estimate of drug-likeness (QED) is 0.379. The van der Waals surface area contributed by atoms with Crippen LogP contribution in [0.25, 0.3) is 0 Å². The van der Waals surface area contributed by atoms with Crippen LogP contribution >= 0.6 is 11.6 Å². The number of rotatable bonds is 9. The SMILES string of the molecule is COc1ccc(OC)c(C(=O)[C@@H]2CN(S(=O)(=O)c3ccc(Cl)cc3)CC[C@@]2(O)c2cc(OC)ccc2OC)c1. The zero-order valence-corrected chi connectivity index (χ0v) is 23.6. The maximum absolute atomic E-state index is 14.2. The van der Waals surface area contributed by atoms with Crippen molar-refractivity contribution < 1.29 is 37.3 Å². The second kappa shape index (κ2) is 11.4. The van der Waals surface area contributed by atoms with Crippen molar-refractivity contribution in [3.05, 3.63) is 76.8 Å². The Labute approximate surface area is 232 Å². The van der Waals surface area contributed by atoms with Crippen molar-refractivity contribution in [3.8, 4) is 23.0 Å². The van der Waals surface area contributed by atoms with Crippen molar-refractivity contribution in [2.45, 2.75) is 16.9 Å². The summed E-state index contributed by atoms with van der Waals surface area (Å²) in [4.78, 5) is 14.3. The molecule has 0 bridgehead atoms. The van der Waals surface area contributed by atoms with Gasteiger partial charge in [0.05, 0.1) is 44.8 Å². The van der Waals surface area contributed by atoms with E-state index in [2.05, 4.69) is 0 Å². The number of hydrogen-bond donors (Lipinski definition) is 1. The van der Waals surface area contributed by atoms with E-state index in [0.29, 0.717) is 27.8 Å². The Morgan fingerprint density at radius 2 is 1.49 bits per heavy atom. The van der Waals surface area contributed by atoms with Crippen LogP contribution in [0.4, 0.5) is 0 Å². The first-order valence-electron chi connectivity index (χ1n) is 12.1. The summed E-state index contributed by atoms with van der Waals surface area (Å²) in [6, 6.07) is 15.4. The molecule has 0 saturated carbocycles. The highest BCUT2D eigenvalue weighted by molar-refractivity contribution is 7.89. The number of carbonyl (C=O) groups is 1. The predicted octanol–water partition coefficient (Wildman–Crippen LogP) is 4.16. The lowest BCUT2D eigenvalue weighted by Gasteiger charge is -2.44. The second-order valence-electron chi connectivity index (χ2n) is 9.04. The molecule has 0 unspecified atom stereocenters. The van der Waals surface area contributed by atoms with Crippen LogP contribution in [0, 0.1) is 5.92 Å². The lowest BCUT2D eigenvalue weighted by atomic mass is 9.72. The molecule has 0 aromatic heterocycles. The van der Waals surface area contributed by atoms with Gasteiger partial charge in [-0.15, -0.1) is 0 Å². The molecule has 3 aromatic carbocycles. The van der Waals surface area contributed by atoms with E-state index in [0.717, 1.165) is 0 Å². The van der Waals surface area contributed by atoms with Gasteiger partial charge in [-0.25, -0.2) is 8.42 Å². The fourth-order valence-corrected chi connectivity index (χ4v) is 6.44. The number of ether oxygens (including phenoxy) is 4. The van der Waals surface area contributed by atoms with Gasteiger partial charge in [0, 0.05) is 23.7 Å². The molecule has 1 N–H and O–H groups in total. The normalized spacial score (nSPS) is 19.8. The molecule has 3 aromatic rings. The summed E-state index contributed by atoms with van der Waals surface area (Å²) in [7, 11) is 1.82. The number of piperidine rings is 1. The van der Waals surface area contributed by atoms with Crippen molar-refractivity contribution >= 4 is 27.4 Å². The van der Waals surface area contributed by atoms with E-state index in [9.17, 15) is 18.3 Å². The highest BCUT2D eigenvalue weighted by atomic mass is 35.5. The molecule has 11 heteroatoms. The Kier molecular flexibility index (Phi) is 8.41. The predicted molar refractivity (Wildman–Crippen MR) is 146 cm³/mol. The molecule has 39 heavy (non-hydrogen) atoms. The molecular formula is C28H30ClNO8S. The van der Waals surface area contributed by atoms with Crippen LogP contribution in [0.15, 0.2) is 65.6 Å². The average molecular weight is 576 g/mol. The molecule has 1 saturated heterocycles. The number of methoxy groups -OCH3 is 4. The Morgan fingerprint density at radius 1 is 0.897 bits per heavy atom. The number of aliphatic hydroxyl groups is 1. The van der Waals surface area contributed by atoms with Gasteiger partial charge in [-0.05, 0) is 67.1 Å². The van der Waals surface area contributed by atoms with E-state index in [-0.39, 0.29) is 35.7 Å². The molecule has 2 atom stereocenters. The maximum Gasteiger partial charge on any atom is 0.243 e. The topological polar surface area (TPSA) is 112 Å². The summed E-state index contributed by atoms with van der Waals surface area (Å²) < 4.78 is 50.1. The molecule has 0 amide bonds. The molecule has 4 rings (SSSR count). The molecule has 0 spiro atoms. The van der Waals surface area contributed by atoms with Gasteiger partial charge in [-0.2, -0.15) is 4.31 Å². The summed E-state index contributed by atoms with van der Waals surface area (Å²) in [6.45, 7) is -0.359. The summed E-state index contributed by atoms with van der Waals surface area (Å²) in [5.41, 5.74) is -1.35. The van der Waals surface area contributed by atoms with Gasteiger partial charge in [-0.3, -0.25) is 4.79 Å². The van der Waals surface area contributed by atoms with E-state index >= 15 is 0 Å². The minimum atomic E-state index is -4.02. The second-order valence-corrected chi connectivity index (χ2v) is 11.4. The lowest BCUT2D eigenvalue weighted by molar-refractivity contribution is -0.0511. The number of Topliss-reactive ketones (excluding diaryl/α,β-unsaturated/α-hetero) is 1. The summed E-state index contributed by atoms with van der Waals surface area (Å²) >= 11 is 5.96. The Hall–Kier alpha value is -3.31. The van der Waals surface area contributed by atoms with E-state index in [1.165, 1.54) is 63.1 Å². The van der Waals surface area contributed by atoms with Crippen molar-refractivity contribution in [1.29, 1.82) is 0 Å². The summed E-state index contributed by atoms with van der Waals surface area (Å²) in [5.74, 6) is -0.311. The smallest absolute Gasteiger partial charge is 0.243 e. The van der Waals surface area contributed by atoms with Gasteiger partial charge in [-0.1, -0.05) is 11.6 Å². The molecule has 1 aliphatic rings. The van der Waals surface area contributed by atoms with Gasteiger partial charge in [0.25, 0.3) is 0 Å². The van der Waals surface area contributed by atoms with Crippen molar-refractivity contribution in [3.63, 3.8) is 0 Å². The first kappa shape index (κ1) is 28.7. The Balaban J connectivity index is 1.86. The number of halogens is 1. The molecule has 9 nitrogen and oxygen atoms in total. The van der Waals surface area contributed by atoms with Crippen LogP contribution in [-0.4, -0.2) is 65.1 Å². The minimum Gasteiger partial charge on any atom is -0.497 e. The largest absolute Gasteiger partial charge is 0.497 e. The van der Waals surface area contributed by atoms with Gasteiger partial charge >= 0.3 is 0 Å². The zero-order chi connectivity index (χ0) is 28.4. The molecule has 208 valence electrons. The number of benzene rings is 3.